The van der Waals surface area contributed by atoms with Gasteiger partial charge in [-0.2, -0.15) is 5.10 Å². The van der Waals surface area contributed by atoms with Crippen LogP contribution >= 0.6 is 0 Å². The van der Waals surface area contributed by atoms with Gasteiger partial charge in [0.05, 0.1) is 28.5 Å². The third-order valence-corrected chi connectivity index (χ3v) is 5.74. The van der Waals surface area contributed by atoms with Crippen LogP contribution in [0.15, 0.2) is 61.4 Å². The number of carbonyl (C=O) groups is 1. The van der Waals surface area contributed by atoms with Gasteiger partial charge in [0.15, 0.2) is 11.5 Å². The van der Waals surface area contributed by atoms with Gasteiger partial charge in [-0.1, -0.05) is 6.92 Å². The molecule has 36 heavy (non-hydrogen) atoms. The second kappa shape index (κ2) is 8.62. The van der Waals surface area contributed by atoms with Crippen LogP contribution in [0.5, 0.6) is 0 Å². The number of carbonyl (C=O) groups excluding carboxylic acids is 1. The molecule has 0 spiro atoms. The molecule has 0 fully saturated rings. The lowest BCUT2D eigenvalue weighted by molar-refractivity contribution is -0.115. The fourth-order valence-electron chi connectivity index (χ4n) is 3.99. The van der Waals surface area contributed by atoms with E-state index in [0.717, 1.165) is 11.1 Å². The second-order valence-corrected chi connectivity index (χ2v) is 8.03. The fraction of sp³-hybridized carbons (Fsp3) is 0.0800. The number of halogens is 1. The van der Waals surface area contributed by atoms with Gasteiger partial charge in [0.25, 0.3) is 0 Å². The molecule has 0 atom stereocenters. The Morgan fingerprint density at radius 3 is 2.75 bits per heavy atom. The molecular weight excluding hydrogens is 461 g/mol. The monoisotopic (exact) mass is 479 g/mol. The molecule has 10 nitrogen and oxygen atoms in total. The van der Waals surface area contributed by atoms with Crippen molar-refractivity contribution in [2.75, 3.05) is 5.32 Å². The summed E-state index contributed by atoms with van der Waals surface area (Å²) in [4.78, 5) is 36.8. The number of pyridine rings is 4. The van der Waals surface area contributed by atoms with E-state index in [1.165, 1.54) is 18.6 Å². The molecule has 1 amide bonds. The summed E-state index contributed by atoms with van der Waals surface area (Å²) in [5.74, 6) is -0.324. The molecule has 176 valence electrons. The summed E-state index contributed by atoms with van der Waals surface area (Å²) >= 11 is 0. The van der Waals surface area contributed by atoms with Gasteiger partial charge in [0, 0.05) is 54.1 Å². The Kier molecular flexibility index (Phi) is 5.14. The van der Waals surface area contributed by atoms with Crippen molar-refractivity contribution in [1.82, 2.24) is 40.1 Å². The van der Waals surface area contributed by atoms with Crippen molar-refractivity contribution >= 4 is 33.7 Å². The molecule has 6 aromatic heterocycles. The molecule has 0 saturated carbocycles. The van der Waals surface area contributed by atoms with Crippen molar-refractivity contribution < 1.29 is 9.18 Å². The highest BCUT2D eigenvalue weighted by molar-refractivity contribution is 5.97. The van der Waals surface area contributed by atoms with Crippen molar-refractivity contribution in [2.24, 2.45) is 0 Å². The first kappa shape index (κ1) is 21.5. The summed E-state index contributed by atoms with van der Waals surface area (Å²) < 4.78 is 15.9. The van der Waals surface area contributed by atoms with E-state index in [-0.39, 0.29) is 28.2 Å². The highest BCUT2D eigenvalue weighted by atomic mass is 19.1. The van der Waals surface area contributed by atoms with Gasteiger partial charge >= 0.3 is 0 Å². The average molecular weight is 479 g/mol. The molecule has 3 N–H and O–H groups in total. The molecule has 11 heteroatoms. The number of hydrogen-bond donors (Lipinski definition) is 3. The summed E-state index contributed by atoms with van der Waals surface area (Å²) in [6.07, 6.45) is 9.82. The van der Waals surface area contributed by atoms with Gasteiger partial charge in [-0.3, -0.25) is 24.8 Å². The van der Waals surface area contributed by atoms with Crippen molar-refractivity contribution in [2.45, 2.75) is 13.3 Å². The van der Waals surface area contributed by atoms with Crippen LogP contribution in [0.4, 0.5) is 10.1 Å². The summed E-state index contributed by atoms with van der Waals surface area (Å²) in [5, 5.41) is 10.0. The predicted molar refractivity (Wildman–Crippen MR) is 132 cm³/mol. The van der Waals surface area contributed by atoms with E-state index in [1.807, 2.05) is 12.1 Å². The van der Waals surface area contributed by atoms with Gasteiger partial charge in [-0.05, 0) is 24.3 Å². The normalized spacial score (nSPS) is 11.3. The molecule has 0 saturated heterocycles. The highest BCUT2D eigenvalue weighted by Gasteiger charge is 2.21. The zero-order valence-electron chi connectivity index (χ0n) is 19.0. The molecule has 0 aromatic carbocycles. The Morgan fingerprint density at radius 1 is 1.03 bits per heavy atom. The number of H-pyrrole nitrogens is 2. The molecular formula is C25H18FN9O. The molecule has 6 aromatic rings. The summed E-state index contributed by atoms with van der Waals surface area (Å²) in [6, 6.07) is 7.17. The van der Waals surface area contributed by atoms with Gasteiger partial charge in [0.1, 0.15) is 17.0 Å². The van der Waals surface area contributed by atoms with Crippen LogP contribution in [0.2, 0.25) is 0 Å². The minimum atomic E-state index is -0.532. The molecule has 0 aliphatic carbocycles. The highest BCUT2D eigenvalue weighted by Crippen LogP contribution is 2.34. The van der Waals surface area contributed by atoms with Gasteiger partial charge < -0.3 is 10.3 Å². The second-order valence-electron chi connectivity index (χ2n) is 8.03. The molecule has 0 unspecified atom stereocenters. The lowest BCUT2D eigenvalue weighted by Gasteiger charge is -2.07. The minimum Gasteiger partial charge on any atom is -0.336 e. The van der Waals surface area contributed by atoms with E-state index < -0.39 is 5.82 Å². The SMILES string of the molecule is CCC(=O)Nc1cncc(-c2cnc3[nH]nc(-c4nc5c(-c6cccnc6)nccc5[nH]4)c3c2F)c1. The third kappa shape index (κ3) is 3.63. The number of nitrogens with one attached hydrogen (secondary N) is 3. The van der Waals surface area contributed by atoms with Crippen LogP contribution in [0, 0.1) is 5.82 Å². The largest absolute Gasteiger partial charge is 0.336 e. The predicted octanol–water partition coefficient (Wildman–Crippen LogP) is 4.51. The average Bonchev–Trinajstić information content (AvgIpc) is 3.54. The Labute approximate surface area is 203 Å². The lowest BCUT2D eigenvalue weighted by Crippen LogP contribution is -2.09. The topological polar surface area (TPSA) is 138 Å². The first-order valence-electron chi connectivity index (χ1n) is 11.2. The molecule has 0 aliphatic heterocycles. The van der Waals surface area contributed by atoms with Crippen LogP contribution in [0.1, 0.15) is 13.3 Å². The standard InChI is InChI=1S/C25H18FN9O/c1-2-18(36)31-15-8-14(10-28-11-15)16-12-30-24-19(20(16)26)23(34-35-24)25-32-17-5-7-29-21(22(17)33-25)13-4-3-6-27-9-13/h3-12H,2H2,1H3,(H,31,36)(H,32,33)(H,30,34,35). The number of anilines is 1. The summed E-state index contributed by atoms with van der Waals surface area (Å²) in [5.41, 5.74) is 4.53. The summed E-state index contributed by atoms with van der Waals surface area (Å²) in [7, 11) is 0. The molecule has 0 bridgehead atoms. The van der Waals surface area contributed by atoms with Gasteiger partial charge in [-0.15, -0.1) is 0 Å². The van der Waals surface area contributed by atoms with Crippen molar-refractivity contribution in [1.29, 1.82) is 0 Å². The van der Waals surface area contributed by atoms with Crippen molar-refractivity contribution in [3.05, 3.63) is 67.3 Å². The zero-order valence-corrected chi connectivity index (χ0v) is 19.0. The number of imidazole rings is 1. The van der Waals surface area contributed by atoms with Crippen LogP contribution in [0.25, 0.3) is 56.0 Å². The Balaban J connectivity index is 1.47. The maximum Gasteiger partial charge on any atom is 0.224 e. The number of aromatic amines is 2. The van der Waals surface area contributed by atoms with Gasteiger partial charge in [-0.25, -0.2) is 14.4 Å². The number of nitrogens with zero attached hydrogens (tertiary/aromatic N) is 6. The first-order chi connectivity index (χ1) is 17.6. The molecule has 0 radical (unpaired) electrons. The number of rotatable bonds is 5. The van der Waals surface area contributed by atoms with E-state index >= 15 is 4.39 Å². The van der Waals surface area contributed by atoms with E-state index in [2.05, 4.69) is 40.4 Å². The Bertz CT molecular complexity index is 1740. The van der Waals surface area contributed by atoms with E-state index in [9.17, 15) is 4.79 Å². The number of amides is 1. The Hall–Kier alpha value is -5.06. The number of aromatic nitrogens is 8. The molecule has 6 heterocycles. The number of hydrogen-bond acceptors (Lipinski definition) is 7. The van der Waals surface area contributed by atoms with Crippen molar-refractivity contribution in [3.63, 3.8) is 0 Å². The van der Waals surface area contributed by atoms with Crippen LogP contribution < -0.4 is 5.32 Å². The van der Waals surface area contributed by atoms with Gasteiger partial charge in [0.2, 0.25) is 5.91 Å². The van der Waals surface area contributed by atoms with Crippen LogP contribution in [-0.4, -0.2) is 46.0 Å². The number of fused-ring (bicyclic) bond motifs is 2. The fourth-order valence-corrected chi connectivity index (χ4v) is 3.99. The van der Waals surface area contributed by atoms with E-state index in [0.29, 0.717) is 34.7 Å². The van der Waals surface area contributed by atoms with Crippen molar-refractivity contribution in [3.8, 4) is 33.9 Å². The van der Waals surface area contributed by atoms with E-state index in [4.69, 9.17) is 4.98 Å². The zero-order chi connectivity index (χ0) is 24.6. The van der Waals surface area contributed by atoms with E-state index in [1.54, 1.807) is 37.6 Å². The third-order valence-electron chi connectivity index (χ3n) is 5.74. The quantitative estimate of drug-likeness (QED) is 0.331. The Morgan fingerprint density at radius 2 is 1.92 bits per heavy atom. The minimum absolute atomic E-state index is 0.162. The maximum atomic E-state index is 15.9. The molecule has 6 rings (SSSR count). The summed E-state index contributed by atoms with van der Waals surface area (Å²) in [6.45, 7) is 1.75. The smallest absolute Gasteiger partial charge is 0.224 e. The lowest BCUT2D eigenvalue weighted by atomic mass is 10.1. The maximum absolute atomic E-state index is 15.9. The first-order valence-corrected chi connectivity index (χ1v) is 11.2. The van der Waals surface area contributed by atoms with Crippen LogP contribution in [0.3, 0.4) is 0 Å². The molecule has 0 aliphatic rings. The van der Waals surface area contributed by atoms with Crippen LogP contribution in [-0.2, 0) is 4.79 Å².